The number of nitrogens with zero attached hydrogens (tertiary/aromatic N) is 4. The van der Waals surface area contributed by atoms with Crippen LogP contribution in [-0.2, 0) is 20.0 Å². The summed E-state index contributed by atoms with van der Waals surface area (Å²) in [5.41, 5.74) is 2.16. The second-order valence-electron chi connectivity index (χ2n) is 5.70. The predicted octanol–water partition coefficient (Wildman–Crippen LogP) is 2.24. The Morgan fingerprint density at radius 3 is 2.32 bits per heavy atom. The Morgan fingerprint density at radius 2 is 1.77 bits per heavy atom. The highest BCUT2D eigenvalue weighted by Gasteiger charge is 2.16. The Morgan fingerprint density at radius 1 is 1.14 bits per heavy atom. The van der Waals surface area contributed by atoms with Gasteiger partial charge >= 0.3 is 0 Å². The number of aromatic nitrogens is 3. The number of hydrogen-bond donors (Lipinski definition) is 1. The van der Waals surface area contributed by atoms with Gasteiger partial charge in [0.2, 0.25) is 0 Å². The van der Waals surface area contributed by atoms with Crippen LogP contribution in [-0.4, -0.2) is 37.9 Å². The van der Waals surface area contributed by atoms with Crippen molar-refractivity contribution in [2.75, 3.05) is 13.1 Å². The van der Waals surface area contributed by atoms with Crippen molar-refractivity contribution in [1.82, 2.24) is 19.7 Å². The van der Waals surface area contributed by atoms with Gasteiger partial charge < -0.3 is 9.67 Å². The Labute approximate surface area is 132 Å². The van der Waals surface area contributed by atoms with Crippen LogP contribution in [0, 0.1) is 6.92 Å². The molecule has 22 heavy (non-hydrogen) atoms. The van der Waals surface area contributed by atoms with E-state index >= 15 is 0 Å². The van der Waals surface area contributed by atoms with Gasteiger partial charge in [0.05, 0.1) is 12.6 Å². The second-order valence-corrected chi connectivity index (χ2v) is 5.70. The summed E-state index contributed by atoms with van der Waals surface area (Å²) >= 11 is 0. The summed E-state index contributed by atoms with van der Waals surface area (Å²) in [6, 6.07) is 8.05. The summed E-state index contributed by atoms with van der Waals surface area (Å²) in [5.74, 6) is 1.93. The van der Waals surface area contributed by atoms with E-state index in [1.807, 2.05) is 42.8 Å². The van der Waals surface area contributed by atoms with Crippen molar-refractivity contribution in [3.8, 4) is 0 Å². The SMILES string of the molecule is CCc1nnc(CN(CC)CC(O)c2ccc(C)cc2)n1C. The molecule has 1 aromatic heterocycles. The van der Waals surface area contributed by atoms with Gasteiger partial charge in [-0.3, -0.25) is 4.90 Å². The minimum atomic E-state index is -0.487. The minimum absolute atomic E-state index is 0.487. The van der Waals surface area contributed by atoms with Crippen molar-refractivity contribution in [1.29, 1.82) is 0 Å². The van der Waals surface area contributed by atoms with Crippen LogP contribution in [0.5, 0.6) is 0 Å². The third-order valence-corrected chi connectivity index (χ3v) is 4.08. The number of hydrogen-bond acceptors (Lipinski definition) is 4. The summed E-state index contributed by atoms with van der Waals surface area (Å²) in [6.45, 7) is 8.37. The van der Waals surface area contributed by atoms with Gasteiger partial charge in [0.15, 0.2) is 0 Å². The van der Waals surface area contributed by atoms with E-state index in [0.29, 0.717) is 13.1 Å². The molecule has 0 saturated heterocycles. The molecule has 1 N–H and O–H groups in total. The second kappa shape index (κ2) is 7.51. The van der Waals surface area contributed by atoms with Crippen LogP contribution in [0.15, 0.2) is 24.3 Å². The average molecular weight is 302 g/mol. The topological polar surface area (TPSA) is 54.2 Å². The molecule has 5 heteroatoms. The number of benzene rings is 1. The lowest BCUT2D eigenvalue weighted by atomic mass is 10.1. The first-order valence-electron chi connectivity index (χ1n) is 7.89. The number of rotatable bonds is 7. The van der Waals surface area contributed by atoms with Crippen molar-refractivity contribution in [2.24, 2.45) is 7.05 Å². The van der Waals surface area contributed by atoms with Crippen LogP contribution >= 0.6 is 0 Å². The molecular weight excluding hydrogens is 276 g/mol. The van der Waals surface area contributed by atoms with E-state index in [1.165, 1.54) is 5.56 Å². The molecule has 0 saturated carbocycles. The van der Waals surface area contributed by atoms with Gasteiger partial charge in [0.25, 0.3) is 0 Å². The molecule has 0 bridgehead atoms. The Balaban J connectivity index is 2.02. The summed E-state index contributed by atoms with van der Waals surface area (Å²) in [6.07, 6.45) is 0.390. The maximum atomic E-state index is 10.4. The lowest BCUT2D eigenvalue weighted by molar-refractivity contribution is 0.110. The van der Waals surface area contributed by atoms with E-state index in [1.54, 1.807) is 0 Å². The highest BCUT2D eigenvalue weighted by molar-refractivity contribution is 5.23. The van der Waals surface area contributed by atoms with Crippen LogP contribution < -0.4 is 0 Å². The molecule has 2 rings (SSSR count). The molecular formula is C17H26N4O. The minimum Gasteiger partial charge on any atom is -0.387 e. The van der Waals surface area contributed by atoms with Crippen LogP contribution in [0.2, 0.25) is 0 Å². The molecule has 5 nitrogen and oxygen atoms in total. The normalized spacial score (nSPS) is 12.8. The van der Waals surface area contributed by atoms with E-state index in [2.05, 4.69) is 28.9 Å². The quantitative estimate of drug-likeness (QED) is 0.852. The molecule has 0 fully saturated rings. The van der Waals surface area contributed by atoms with Crippen molar-refractivity contribution in [3.63, 3.8) is 0 Å². The zero-order chi connectivity index (χ0) is 16.1. The molecule has 0 aliphatic rings. The zero-order valence-electron chi connectivity index (χ0n) is 14.0. The molecule has 0 amide bonds. The summed E-state index contributed by atoms with van der Waals surface area (Å²) in [5, 5.41) is 18.9. The maximum absolute atomic E-state index is 10.4. The standard InChI is InChI=1S/C17H26N4O/c1-5-16-18-19-17(20(16)4)12-21(6-2)11-15(22)14-9-7-13(3)8-10-14/h7-10,15,22H,5-6,11-12H2,1-4H3. The van der Waals surface area contributed by atoms with E-state index in [-0.39, 0.29) is 0 Å². The summed E-state index contributed by atoms with van der Waals surface area (Å²) in [4.78, 5) is 2.19. The first-order valence-corrected chi connectivity index (χ1v) is 7.89. The Kier molecular flexibility index (Phi) is 5.69. The molecule has 120 valence electrons. The fraction of sp³-hybridized carbons (Fsp3) is 0.529. The van der Waals surface area contributed by atoms with Crippen molar-refractivity contribution >= 4 is 0 Å². The maximum Gasteiger partial charge on any atom is 0.146 e. The Bertz CT molecular complexity index is 591. The zero-order valence-corrected chi connectivity index (χ0v) is 14.0. The van der Waals surface area contributed by atoms with Crippen LogP contribution in [0.1, 0.15) is 42.7 Å². The number of aliphatic hydroxyl groups excluding tert-OH is 1. The first-order chi connectivity index (χ1) is 10.5. The van der Waals surface area contributed by atoms with E-state index in [9.17, 15) is 5.11 Å². The lowest BCUT2D eigenvalue weighted by Gasteiger charge is -2.23. The molecule has 2 aromatic rings. The number of aliphatic hydroxyl groups is 1. The third-order valence-electron chi connectivity index (χ3n) is 4.08. The smallest absolute Gasteiger partial charge is 0.146 e. The molecule has 0 radical (unpaired) electrons. The third kappa shape index (κ3) is 3.93. The predicted molar refractivity (Wildman–Crippen MR) is 87.5 cm³/mol. The summed E-state index contributed by atoms with van der Waals surface area (Å²) < 4.78 is 2.04. The largest absolute Gasteiger partial charge is 0.387 e. The molecule has 1 aromatic carbocycles. The van der Waals surface area contributed by atoms with E-state index < -0.39 is 6.10 Å². The Hall–Kier alpha value is -1.72. The average Bonchev–Trinajstić information content (AvgIpc) is 2.87. The molecule has 1 unspecified atom stereocenters. The molecule has 1 heterocycles. The first kappa shape index (κ1) is 16.6. The van der Waals surface area contributed by atoms with Crippen molar-refractivity contribution in [2.45, 2.75) is 39.8 Å². The highest BCUT2D eigenvalue weighted by atomic mass is 16.3. The van der Waals surface area contributed by atoms with Gasteiger partial charge in [0, 0.05) is 20.0 Å². The molecule has 0 spiro atoms. The van der Waals surface area contributed by atoms with Gasteiger partial charge in [-0.15, -0.1) is 10.2 Å². The van der Waals surface area contributed by atoms with E-state index in [4.69, 9.17) is 0 Å². The van der Waals surface area contributed by atoms with Gasteiger partial charge in [-0.1, -0.05) is 43.7 Å². The van der Waals surface area contributed by atoms with Crippen LogP contribution in [0.4, 0.5) is 0 Å². The van der Waals surface area contributed by atoms with Gasteiger partial charge in [-0.05, 0) is 19.0 Å². The van der Waals surface area contributed by atoms with Crippen molar-refractivity contribution < 1.29 is 5.11 Å². The fourth-order valence-electron chi connectivity index (χ4n) is 2.49. The fourth-order valence-corrected chi connectivity index (χ4v) is 2.49. The van der Waals surface area contributed by atoms with Crippen LogP contribution in [0.25, 0.3) is 0 Å². The van der Waals surface area contributed by atoms with E-state index in [0.717, 1.165) is 30.2 Å². The molecule has 1 atom stereocenters. The van der Waals surface area contributed by atoms with Crippen LogP contribution in [0.3, 0.4) is 0 Å². The van der Waals surface area contributed by atoms with Gasteiger partial charge in [-0.25, -0.2) is 0 Å². The monoisotopic (exact) mass is 302 g/mol. The highest BCUT2D eigenvalue weighted by Crippen LogP contribution is 2.16. The molecule has 0 aliphatic carbocycles. The van der Waals surface area contributed by atoms with Gasteiger partial charge in [-0.2, -0.15) is 0 Å². The lowest BCUT2D eigenvalue weighted by Crippen LogP contribution is -2.29. The van der Waals surface area contributed by atoms with Gasteiger partial charge in [0.1, 0.15) is 11.6 Å². The molecule has 0 aliphatic heterocycles. The number of likely N-dealkylation sites (N-methyl/N-ethyl adjacent to an activating group) is 1. The van der Waals surface area contributed by atoms with Crippen molar-refractivity contribution in [3.05, 3.63) is 47.0 Å². The number of aryl methyl sites for hydroxylation is 2. The summed E-state index contributed by atoms with van der Waals surface area (Å²) in [7, 11) is 2.00.